The smallest absolute Gasteiger partial charge is 0.277 e. The zero-order valence-corrected chi connectivity index (χ0v) is 15.4. The number of sulfonamides is 1. The lowest BCUT2D eigenvalue weighted by molar-refractivity contribution is -0.137. The highest BCUT2D eigenvalue weighted by atomic mass is 35.5. The van der Waals surface area contributed by atoms with Gasteiger partial charge in [-0.2, -0.15) is 17.9 Å². The lowest BCUT2D eigenvalue weighted by atomic mass is 10.2. The molecule has 0 saturated carbocycles. The number of alkyl halides is 3. The predicted molar refractivity (Wildman–Crippen MR) is 91.1 cm³/mol. The Morgan fingerprint density at radius 1 is 1.14 bits per heavy atom. The highest BCUT2D eigenvalue weighted by Crippen LogP contribution is 2.34. The number of nitrogens with zero attached hydrogens (tertiary/aromatic N) is 4. The first-order chi connectivity index (χ1) is 13.0. The van der Waals surface area contributed by atoms with Crippen molar-refractivity contribution in [2.75, 3.05) is 4.72 Å². The van der Waals surface area contributed by atoms with Gasteiger partial charge in [-0.3, -0.25) is 4.72 Å². The molecule has 0 aliphatic carbocycles. The van der Waals surface area contributed by atoms with Crippen molar-refractivity contribution in [1.29, 1.82) is 0 Å². The molecule has 0 unspecified atom stereocenters. The van der Waals surface area contributed by atoms with E-state index >= 15 is 0 Å². The van der Waals surface area contributed by atoms with Gasteiger partial charge in [0.25, 0.3) is 10.0 Å². The number of rotatable bonds is 4. The van der Waals surface area contributed by atoms with E-state index in [-0.39, 0.29) is 5.69 Å². The fourth-order valence-corrected chi connectivity index (χ4v) is 3.86. The van der Waals surface area contributed by atoms with Crippen molar-refractivity contribution in [3.05, 3.63) is 58.6 Å². The summed E-state index contributed by atoms with van der Waals surface area (Å²) >= 11 is 5.76. The van der Waals surface area contributed by atoms with Crippen LogP contribution >= 0.6 is 11.6 Å². The molecule has 1 heterocycles. The van der Waals surface area contributed by atoms with E-state index in [4.69, 9.17) is 11.6 Å². The van der Waals surface area contributed by atoms with Gasteiger partial charge in [-0.25, -0.2) is 12.8 Å². The second-order valence-corrected chi connectivity index (χ2v) is 7.61. The molecule has 0 saturated heterocycles. The third-order valence-electron chi connectivity index (χ3n) is 3.61. The van der Waals surface area contributed by atoms with Crippen LogP contribution < -0.4 is 4.72 Å². The van der Waals surface area contributed by atoms with Crippen LogP contribution in [0.3, 0.4) is 0 Å². The molecular weight excluding hydrogens is 426 g/mol. The number of aryl methyl sites for hydroxylation is 1. The summed E-state index contributed by atoms with van der Waals surface area (Å²) in [6.45, 7) is 1.57. The van der Waals surface area contributed by atoms with Crippen LogP contribution in [-0.4, -0.2) is 28.6 Å². The fraction of sp³-hybridized carbons (Fsp3) is 0.133. The summed E-state index contributed by atoms with van der Waals surface area (Å²) in [5.74, 6) is -0.609. The number of anilines is 1. The Balaban J connectivity index is 2.03. The summed E-state index contributed by atoms with van der Waals surface area (Å²) in [5.41, 5.74) is -1.49. The van der Waals surface area contributed by atoms with Gasteiger partial charge in [0.2, 0.25) is 0 Å². The molecule has 0 aliphatic heterocycles. The molecule has 3 aromatic rings. The van der Waals surface area contributed by atoms with E-state index < -0.39 is 43.2 Å². The van der Waals surface area contributed by atoms with E-state index in [0.717, 1.165) is 18.2 Å². The van der Waals surface area contributed by atoms with Crippen LogP contribution in [0.1, 0.15) is 11.4 Å². The minimum atomic E-state index is -4.78. The molecule has 1 N–H and O–H groups in total. The lowest BCUT2D eigenvalue weighted by Crippen LogP contribution is -2.16. The Kier molecular flexibility index (Phi) is 5.02. The summed E-state index contributed by atoms with van der Waals surface area (Å²) in [6, 6.07) is 5.17. The molecule has 3 rings (SSSR count). The first-order valence-electron chi connectivity index (χ1n) is 7.43. The third kappa shape index (κ3) is 3.92. The first-order valence-corrected chi connectivity index (χ1v) is 9.29. The Bertz CT molecular complexity index is 1150. The Hall–Kier alpha value is -2.73. The number of hydrogen-bond donors (Lipinski definition) is 1. The van der Waals surface area contributed by atoms with Crippen LogP contribution in [0.4, 0.5) is 23.2 Å². The molecule has 2 aromatic carbocycles. The standard InChI is InChI=1S/C15H10ClF4N5O2S/c1-8-21-23-24-25(8)10-3-5-12(17)13(7-10)22-28(26,27)14-6-9(15(18,19)20)2-4-11(14)16/h2-7,22H,1H3. The maximum Gasteiger partial charge on any atom is 0.416 e. The molecular formula is C15H10ClF4N5O2S. The molecule has 0 aliphatic rings. The molecule has 0 atom stereocenters. The number of tetrazole rings is 1. The second kappa shape index (κ2) is 7.02. The van der Waals surface area contributed by atoms with E-state index in [0.29, 0.717) is 18.0 Å². The highest BCUT2D eigenvalue weighted by molar-refractivity contribution is 7.92. The maximum absolute atomic E-state index is 14.1. The van der Waals surface area contributed by atoms with Gasteiger partial charge in [0.1, 0.15) is 10.7 Å². The Morgan fingerprint density at radius 2 is 1.86 bits per heavy atom. The average molecular weight is 436 g/mol. The van der Waals surface area contributed by atoms with Gasteiger partial charge in [-0.05, 0) is 53.7 Å². The monoisotopic (exact) mass is 435 g/mol. The predicted octanol–water partition coefficient (Wildman–Crippen LogP) is 3.58. The fourth-order valence-electron chi connectivity index (χ4n) is 2.28. The molecule has 0 radical (unpaired) electrons. The number of hydrogen-bond acceptors (Lipinski definition) is 5. The Labute approximate surface area is 161 Å². The van der Waals surface area contributed by atoms with E-state index in [1.807, 2.05) is 4.72 Å². The quantitative estimate of drug-likeness (QED) is 0.633. The van der Waals surface area contributed by atoms with Gasteiger partial charge < -0.3 is 0 Å². The van der Waals surface area contributed by atoms with Gasteiger partial charge in [0.15, 0.2) is 5.82 Å². The molecule has 0 bridgehead atoms. The molecule has 1 aromatic heterocycles. The largest absolute Gasteiger partial charge is 0.416 e. The maximum atomic E-state index is 14.1. The number of aromatic nitrogens is 4. The summed E-state index contributed by atoms with van der Waals surface area (Å²) in [7, 11) is -4.63. The van der Waals surface area contributed by atoms with Gasteiger partial charge in [-0.15, -0.1) is 5.10 Å². The SMILES string of the molecule is Cc1nnnn1-c1ccc(F)c(NS(=O)(=O)c2cc(C(F)(F)F)ccc2Cl)c1. The van der Waals surface area contributed by atoms with Crippen LogP contribution in [0, 0.1) is 12.7 Å². The van der Waals surface area contributed by atoms with Crippen molar-refractivity contribution in [2.45, 2.75) is 18.0 Å². The molecule has 0 spiro atoms. The highest BCUT2D eigenvalue weighted by Gasteiger charge is 2.33. The van der Waals surface area contributed by atoms with E-state index in [1.54, 1.807) is 6.92 Å². The minimum absolute atomic E-state index is 0.233. The lowest BCUT2D eigenvalue weighted by Gasteiger charge is -2.14. The van der Waals surface area contributed by atoms with E-state index in [2.05, 4.69) is 15.5 Å². The Morgan fingerprint density at radius 3 is 2.46 bits per heavy atom. The van der Waals surface area contributed by atoms with E-state index in [9.17, 15) is 26.0 Å². The van der Waals surface area contributed by atoms with Crippen LogP contribution in [-0.2, 0) is 16.2 Å². The first kappa shape index (κ1) is 20.0. The summed E-state index contributed by atoms with van der Waals surface area (Å²) < 4.78 is 81.0. The zero-order chi connectivity index (χ0) is 20.7. The number of benzene rings is 2. The molecule has 28 heavy (non-hydrogen) atoms. The summed E-state index contributed by atoms with van der Waals surface area (Å²) in [5, 5.41) is 10.3. The molecule has 13 heteroatoms. The average Bonchev–Trinajstić information content (AvgIpc) is 3.02. The summed E-state index contributed by atoms with van der Waals surface area (Å²) in [6.07, 6.45) is -4.78. The van der Waals surface area contributed by atoms with Crippen LogP contribution in [0.5, 0.6) is 0 Å². The third-order valence-corrected chi connectivity index (χ3v) is 5.46. The van der Waals surface area contributed by atoms with Crippen molar-refractivity contribution in [2.24, 2.45) is 0 Å². The van der Waals surface area contributed by atoms with E-state index in [1.165, 1.54) is 10.7 Å². The molecule has 0 amide bonds. The van der Waals surface area contributed by atoms with Crippen molar-refractivity contribution in [3.8, 4) is 5.69 Å². The van der Waals surface area contributed by atoms with Gasteiger partial charge in [-0.1, -0.05) is 11.6 Å². The molecule has 7 nitrogen and oxygen atoms in total. The second-order valence-electron chi connectivity index (χ2n) is 5.55. The molecule has 148 valence electrons. The van der Waals surface area contributed by atoms with Crippen LogP contribution in [0.15, 0.2) is 41.3 Å². The zero-order valence-electron chi connectivity index (χ0n) is 13.9. The van der Waals surface area contributed by atoms with Crippen molar-refractivity contribution in [3.63, 3.8) is 0 Å². The van der Waals surface area contributed by atoms with Crippen molar-refractivity contribution >= 4 is 27.3 Å². The van der Waals surface area contributed by atoms with Gasteiger partial charge >= 0.3 is 6.18 Å². The normalized spacial score (nSPS) is 12.2. The van der Waals surface area contributed by atoms with Crippen molar-refractivity contribution in [1.82, 2.24) is 20.2 Å². The summed E-state index contributed by atoms with van der Waals surface area (Å²) in [4.78, 5) is -0.840. The van der Waals surface area contributed by atoms with Gasteiger partial charge in [0.05, 0.1) is 22.0 Å². The van der Waals surface area contributed by atoms with Gasteiger partial charge in [0, 0.05) is 0 Å². The minimum Gasteiger partial charge on any atom is -0.277 e. The van der Waals surface area contributed by atoms with Crippen LogP contribution in [0.25, 0.3) is 5.69 Å². The topological polar surface area (TPSA) is 89.8 Å². The number of nitrogens with one attached hydrogen (secondary N) is 1. The van der Waals surface area contributed by atoms with Crippen molar-refractivity contribution < 1.29 is 26.0 Å². The number of halogens is 5. The van der Waals surface area contributed by atoms with Crippen LogP contribution in [0.2, 0.25) is 5.02 Å². The molecule has 0 fully saturated rings.